The molecule has 2 heterocycles. The molecule has 0 bridgehead atoms. The van der Waals surface area contributed by atoms with Crippen LogP contribution >= 0.6 is 0 Å². The number of aryl methyl sites for hydroxylation is 1. The van der Waals surface area contributed by atoms with Crippen LogP contribution in [0.3, 0.4) is 0 Å². The van der Waals surface area contributed by atoms with Gasteiger partial charge >= 0.3 is 0 Å². The van der Waals surface area contributed by atoms with E-state index in [-0.39, 0.29) is 0 Å². The van der Waals surface area contributed by atoms with Crippen LogP contribution in [0.25, 0.3) is 0 Å². The number of nitrogens with one attached hydrogen (secondary N) is 2. The van der Waals surface area contributed by atoms with Crippen LogP contribution < -0.4 is 5.32 Å². The maximum atomic E-state index is 4.06. The van der Waals surface area contributed by atoms with Crippen LogP contribution in [-0.4, -0.2) is 15.0 Å². The van der Waals surface area contributed by atoms with Crippen LogP contribution in [0.15, 0.2) is 30.9 Å². The van der Waals surface area contributed by atoms with Gasteiger partial charge in [0.15, 0.2) is 0 Å². The molecule has 4 nitrogen and oxygen atoms in total. The number of rotatable bonds is 2. The molecule has 0 saturated carbocycles. The highest BCUT2D eigenvalue weighted by Gasteiger charge is 1.98. The second-order valence-corrected chi connectivity index (χ2v) is 2.75. The van der Waals surface area contributed by atoms with Gasteiger partial charge in [-0.1, -0.05) is 0 Å². The first kappa shape index (κ1) is 7.79. The number of pyridine rings is 1. The fourth-order valence-electron chi connectivity index (χ4n) is 1.06. The van der Waals surface area contributed by atoms with Gasteiger partial charge in [-0.15, -0.1) is 0 Å². The Kier molecular flexibility index (Phi) is 1.96. The zero-order valence-electron chi connectivity index (χ0n) is 7.28. The van der Waals surface area contributed by atoms with E-state index in [1.165, 1.54) is 0 Å². The van der Waals surface area contributed by atoms with Crippen molar-refractivity contribution in [3.63, 3.8) is 0 Å². The lowest BCUT2D eigenvalue weighted by Gasteiger charge is -2.04. The lowest BCUT2D eigenvalue weighted by atomic mass is 10.2. The molecule has 0 aromatic carbocycles. The molecule has 0 spiro atoms. The lowest BCUT2D eigenvalue weighted by Crippen LogP contribution is -1.94. The molecular weight excluding hydrogens is 164 g/mol. The Balaban J connectivity index is 2.24. The minimum absolute atomic E-state index is 0.733. The van der Waals surface area contributed by atoms with Crippen molar-refractivity contribution in [2.24, 2.45) is 0 Å². The summed E-state index contributed by atoms with van der Waals surface area (Å²) in [5, 5.41) is 3.12. The number of aromatic nitrogens is 3. The van der Waals surface area contributed by atoms with Gasteiger partial charge in [-0.3, -0.25) is 4.98 Å². The minimum atomic E-state index is 0.733. The van der Waals surface area contributed by atoms with Crippen molar-refractivity contribution in [1.82, 2.24) is 15.0 Å². The summed E-state index contributed by atoms with van der Waals surface area (Å²) < 4.78 is 0. The highest BCUT2D eigenvalue weighted by atomic mass is 15.1. The standard InChI is InChI=1S/C9H10N4/c1-7-2-3-10-6-8(7)13-9-11-4-5-12-9/h2-6H,1H3,(H2,11,12,13). The number of aromatic amines is 1. The minimum Gasteiger partial charge on any atom is -0.331 e. The largest absolute Gasteiger partial charge is 0.331 e. The van der Waals surface area contributed by atoms with Crippen molar-refractivity contribution < 1.29 is 0 Å². The van der Waals surface area contributed by atoms with E-state index < -0.39 is 0 Å². The van der Waals surface area contributed by atoms with E-state index in [0.717, 1.165) is 17.2 Å². The zero-order valence-corrected chi connectivity index (χ0v) is 7.28. The molecule has 0 atom stereocenters. The molecule has 4 heteroatoms. The molecular formula is C9H10N4. The molecule has 0 amide bonds. The average molecular weight is 174 g/mol. The topological polar surface area (TPSA) is 53.6 Å². The Morgan fingerprint density at radius 2 is 2.31 bits per heavy atom. The number of H-pyrrole nitrogens is 1. The molecule has 13 heavy (non-hydrogen) atoms. The van der Waals surface area contributed by atoms with Crippen LogP contribution in [0.1, 0.15) is 5.56 Å². The van der Waals surface area contributed by atoms with Crippen LogP contribution in [0.2, 0.25) is 0 Å². The third kappa shape index (κ3) is 1.66. The van der Waals surface area contributed by atoms with Gasteiger partial charge in [0.1, 0.15) is 0 Å². The third-order valence-electron chi connectivity index (χ3n) is 1.79. The van der Waals surface area contributed by atoms with Crippen molar-refractivity contribution in [2.45, 2.75) is 6.92 Å². The maximum Gasteiger partial charge on any atom is 0.204 e. The third-order valence-corrected chi connectivity index (χ3v) is 1.79. The monoisotopic (exact) mass is 174 g/mol. The predicted octanol–water partition coefficient (Wildman–Crippen LogP) is 1.86. The highest BCUT2D eigenvalue weighted by molar-refractivity contribution is 5.56. The normalized spacial score (nSPS) is 9.92. The molecule has 2 aromatic rings. The first-order valence-electron chi connectivity index (χ1n) is 4.03. The van der Waals surface area contributed by atoms with E-state index in [4.69, 9.17) is 0 Å². The summed E-state index contributed by atoms with van der Waals surface area (Å²) in [6, 6.07) is 1.95. The summed E-state index contributed by atoms with van der Waals surface area (Å²) in [4.78, 5) is 11.0. The van der Waals surface area contributed by atoms with Crippen molar-refractivity contribution in [2.75, 3.05) is 5.32 Å². The number of hydrogen-bond acceptors (Lipinski definition) is 3. The summed E-state index contributed by atoms with van der Waals surface area (Å²) in [5.41, 5.74) is 2.11. The summed E-state index contributed by atoms with van der Waals surface area (Å²) in [6.07, 6.45) is 7.02. The Labute approximate surface area is 76.1 Å². The molecule has 0 saturated heterocycles. The fourth-order valence-corrected chi connectivity index (χ4v) is 1.06. The number of anilines is 2. The molecule has 0 aliphatic carbocycles. The summed E-state index contributed by atoms with van der Waals surface area (Å²) in [5.74, 6) is 0.733. The highest BCUT2D eigenvalue weighted by Crippen LogP contribution is 2.15. The second kappa shape index (κ2) is 3.26. The van der Waals surface area contributed by atoms with Gasteiger partial charge in [0.05, 0.1) is 11.9 Å². The molecule has 2 rings (SSSR count). The Morgan fingerprint density at radius 1 is 1.38 bits per heavy atom. The smallest absolute Gasteiger partial charge is 0.204 e. The molecule has 0 unspecified atom stereocenters. The average Bonchev–Trinajstić information content (AvgIpc) is 2.61. The molecule has 0 aliphatic rings. The Hall–Kier alpha value is -1.84. The van der Waals surface area contributed by atoms with Crippen molar-refractivity contribution in [3.05, 3.63) is 36.4 Å². The van der Waals surface area contributed by atoms with E-state index >= 15 is 0 Å². The summed E-state index contributed by atoms with van der Waals surface area (Å²) in [6.45, 7) is 2.02. The molecule has 2 aromatic heterocycles. The van der Waals surface area contributed by atoms with Crippen molar-refractivity contribution >= 4 is 11.6 Å². The van der Waals surface area contributed by atoms with Gasteiger partial charge in [0, 0.05) is 18.6 Å². The SMILES string of the molecule is Cc1ccncc1Nc1ncc[nH]1. The van der Waals surface area contributed by atoms with Crippen molar-refractivity contribution in [1.29, 1.82) is 0 Å². The number of imidazole rings is 1. The Morgan fingerprint density at radius 3 is 3.00 bits per heavy atom. The van der Waals surface area contributed by atoms with Crippen LogP contribution in [0.4, 0.5) is 11.6 Å². The molecule has 0 aliphatic heterocycles. The molecule has 0 radical (unpaired) electrons. The van der Waals surface area contributed by atoms with E-state index in [1.807, 2.05) is 13.0 Å². The summed E-state index contributed by atoms with van der Waals surface area (Å²) >= 11 is 0. The van der Waals surface area contributed by atoms with Gasteiger partial charge in [0.2, 0.25) is 5.95 Å². The molecule has 0 fully saturated rings. The lowest BCUT2D eigenvalue weighted by molar-refractivity contribution is 1.23. The first-order chi connectivity index (χ1) is 6.36. The van der Waals surface area contributed by atoms with Crippen LogP contribution in [-0.2, 0) is 0 Å². The first-order valence-corrected chi connectivity index (χ1v) is 4.03. The van der Waals surface area contributed by atoms with Crippen LogP contribution in [0.5, 0.6) is 0 Å². The fraction of sp³-hybridized carbons (Fsp3) is 0.111. The summed E-state index contributed by atoms with van der Waals surface area (Å²) in [7, 11) is 0. The van der Waals surface area contributed by atoms with E-state index in [1.54, 1.807) is 24.8 Å². The number of nitrogens with zero attached hydrogens (tertiary/aromatic N) is 2. The quantitative estimate of drug-likeness (QED) is 0.730. The maximum absolute atomic E-state index is 4.06. The number of hydrogen-bond donors (Lipinski definition) is 2. The van der Waals surface area contributed by atoms with Crippen molar-refractivity contribution in [3.8, 4) is 0 Å². The second-order valence-electron chi connectivity index (χ2n) is 2.75. The van der Waals surface area contributed by atoms with Gasteiger partial charge in [-0.25, -0.2) is 4.98 Å². The van der Waals surface area contributed by atoms with Gasteiger partial charge in [0.25, 0.3) is 0 Å². The Bertz CT molecular complexity index is 380. The van der Waals surface area contributed by atoms with Gasteiger partial charge in [-0.05, 0) is 18.6 Å². The van der Waals surface area contributed by atoms with Gasteiger partial charge < -0.3 is 10.3 Å². The van der Waals surface area contributed by atoms with E-state index in [0.29, 0.717) is 0 Å². The van der Waals surface area contributed by atoms with Crippen LogP contribution in [0, 0.1) is 6.92 Å². The zero-order chi connectivity index (χ0) is 9.10. The van der Waals surface area contributed by atoms with E-state index in [9.17, 15) is 0 Å². The van der Waals surface area contributed by atoms with Gasteiger partial charge in [-0.2, -0.15) is 0 Å². The molecule has 66 valence electrons. The molecule has 2 N–H and O–H groups in total. The predicted molar refractivity (Wildman–Crippen MR) is 50.8 cm³/mol. The van der Waals surface area contributed by atoms with E-state index in [2.05, 4.69) is 20.3 Å².